The maximum Gasteiger partial charge on any atom is 0.314 e. The van der Waals surface area contributed by atoms with Gasteiger partial charge in [-0.3, -0.25) is 9.59 Å². The molecule has 1 fully saturated rings. The Morgan fingerprint density at radius 2 is 1.64 bits per heavy atom. The zero-order chi connectivity index (χ0) is 16.2. The number of benzene rings is 1. The minimum atomic E-state index is -0.872. The van der Waals surface area contributed by atoms with Gasteiger partial charge in [-0.05, 0) is 49.6 Å². The van der Waals surface area contributed by atoms with Crippen LogP contribution in [-0.2, 0) is 15.0 Å². The Labute approximate surface area is 130 Å². The van der Waals surface area contributed by atoms with Gasteiger partial charge in [0.05, 0.1) is 5.41 Å². The van der Waals surface area contributed by atoms with Crippen LogP contribution in [0.2, 0.25) is 0 Å². The van der Waals surface area contributed by atoms with Crippen LogP contribution in [0.3, 0.4) is 0 Å². The van der Waals surface area contributed by atoms with Crippen molar-refractivity contribution in [2.24, 2.45) is 11.1 Å². The minimum Gasteiger partial charge on any atom is -0.481 e. The van der Waals surface area contributed by atoms with Crippen LogP contribution in [0.1, 0.15) is 44.1 Å². The molecular formula is C17H23NO4. The van der Waals surface area contributed by atoms with E-state index in [2.05, 4.69) is 0 Å². The summed E-state index contributed by atoms with van der Waals surface area (Å²) in [5.41, 5.74) is 5.60. The largest absolute Gasteiger partial charge is 0.481 e. The third-order valence-electron chi connectivity index (χ3n) is 5.20. The van der Waals surface area contributed by atoms with Crippen LogP contribution in [0.5, 0.6) is 0 Å². The molecule has 1 aromatic carbocycles. The lowest BCUT2D eigenvalue weighted by molar-refractivity contribution is -0.147. The predicted molar refractivity (Wildman–Crippen MR) is 82.6 cm³/mol. The summed E-state index contributed by atoms with van der Waals surface area (Å²) in [6.07, 6.45) is 2.91. The van der Waals surface area contributed by atoms with Crippen molar-refractivity contribution in [1.29, 1.82) is 0 Å². The molecule has 4 N–H and O–H groups in total. The van der Waals surface area contributed by atoms with Crippen LogP contribution in [-0.4, -0.2) is 28.7 Å². The molecule has 0 saturated heterocycles. The minimum absolute atomic E-state index is 0.0859. The first kappa shape index (κ1) is 16.5. The van der Waals surface area contributed by atoms with Crippen molar-refractivity contribution in [2.75, 3.05) is 6.54 Å². The Balaban J connectivity index is 2.19. The summed E-state index contributed by atoms with van der Waals surface area (Å²) in [7, 11) is 0. The number of rotatable bonds is 6. The Morgan fingerprint density at radius 3 is 2.09 bits per heavy atom. The van der Waals surface area contributed by atoms with Crippen molar-refractivity contribution in [3.05, 3.63) is 35.9 Å². The van der Waals surface area contributed by atoms with Crippen LogP contribution in [0.25, 0.3) is 0 Å². The highest BCUT2D eigenvalue weighted by Gasteiger charge is 2.47. The number of hydrogen-bond donors (Lipinski definition) is 3. The standard InChI is InChI=1S/C17H23NO4/c18-12-16(7-6-14(19)20)8-10-17(11-9-16,15(21)22)13-4-2-1-3-5-13/h1-5H,6-12,18H2,(H,19,20)(H,21,22). The van der Waals surface area contributed by atoms with Crippen LogP contribution in [0.15, 0.2) is 30.3 Å². The number of nitrogens with two attached hydrogens (primary N) is 1. The number of carboxylic acid groups (broad SMARTS) is 2. The summed E-state index contributed by atoms with van der Waals surface area (Å²) in [5, 5.41) is 18.7. The second-order valence-corrected chi connectivity index (χ2v) is 6.35. The summed E-state index contributed by atoms with van der Waals surface area (Å²) in [4.78, 5) is 22.7. The van der Waals surface area contributed by atoms with Gasteiger partial charge in [-0.1, -0.05) is 30.3 Å². The molecule has 0 aliphatic heterocycles. The quantitative estimate of drug-likeness (QED) is 0.749. The molecule has 0 radical (unpaired) electrons. The fourth-order valence-corrected chi connectivity index (χ4v) is 3.52. The molecule has 0 aromatic heterocycles. The lowest BCUT2D eigenvalue weighted by atomic mass is 9.60. The Morgan fingerprint density at radius 1 is 1.05 bits per heavy atom. The number of aliphatic carboxylic acids is 2. The van der Waals surface area contributed by atoms with Gasteiger partial charge in [0, 0.05) is 6.42 Å². The topological polar surface area (TPSA) is 101 Å². The van der Waals surface area contributed by atoms with Gasteiger partial charge >= 0.3 is 11.9 Å². The zero-order valence-corrected chi connectivity index (χ0v) is 12.6. The molecule has 1 aromatic rings. The van der Waals surface area contributed by atoms with Crippen molar-refractivity contribution in [1.82, 2.24) is 0 Å². The first-order chi connectivity index (χ1) is 10.4. The van der Waals surface area contributed by atoms with Gasteiger partial charge in [0.15, 0.2) is 0 Å². The van der Waals surface area contributed by atoms with E-state index in [0.29, 0.717) is 38.6 Å². The molecule has 0 bridgehead atoms. The van der Waals surface area contributed by atoms with Gasteiger partial charge in [-0.25, -0.2) is 0 Å². The molecule has 5 heteroatoms. The molecule has 1 saturated carbocycles. The van der Waals surface area contributed by atoms with Gasteiger partial charge in [0.1, 0.15) is 0 Å². The van der Waals surface area contributed by atoms with E-state index in [1.165, 1.54) is 0 Å². The molecule has 0 spiro atoms. The van der Waals surface area contributed by atoms with Crippen LogP contribution < -0.4 is 5.73 Å². The van der Waals surface area contributed by atoms with E-state index in [4.69, 9.17) is 10.8 Å². The van der Waals surface area contributed by atoms with E-state index in [1.807, 2.05) is 30.3 Å². The smallest absolute Gasteiger partial charge is 0.314 e. The molecular weight excluding hydrogens is 282 g/mol. The van der Waals surface area contributed by atoms with Crippen molar-refractivity contribution < 1.29 is 19.8 Å². The third-order valence-corrected chi connectivity index (χ3v) is 5.20. The molecule has 2 rings (SSSR count). The average Bonchev–Trinajstić information content (AvgIpc) is 2.54. The Kier molecular flexibility index (Phi) is 4.86. The van der Waals surface area contributed by atoms with E-state index >= 15 is 0 Å². The molecule has 22 heavy (non-hydrogen) atoms. The van der Waals surface area contributed by atoms with Gasteiger partial charge < -0.3 is 15.9 Å². The first-order valence-corrected chi connectivity index (χ1v) is 7.65. The molecule has 0 heterocycles. The maximum atomic E-state index is 11.9. The van der Waals surface area contributed by atoms with Crippen LogP contribution in [0.4, 0.5) is 0 Å². The molecule has 120 valence electrons. The van der Waals surface area contributed by atoms with Crippen LogP contribution in [0, 0.1) is 5.41 Å². The van der Waals surface area contributed by atoms with E-state index < -0.39 is 17.4 Å². The molecule has 0 atom stereocenters. The van der Waals surface area contributed by atoms with Gasteiger partial charge in [0.25, 0.3) is 0 Å². The highest BCUT2D eigenvalue weighted by molar-refractivity contribution is 5.81. The molecule has 1 aliphatic carbocycles. The third kappa shape index (κ3) is 3.14. The maximum absolute atomic E-state index is 11.9. The lowest BCUT2D eigenvalue weighted by Crippen LogP contribution is -2.45. The Bertz CT molecular complexity index is 533. The average molecular weight is 305 g/mol. The second kappa shape index (κ2) is 6.48. The second-order valence-electron chi connectivity index (χ2n) is 6.35. The summed E-state index contributed by atoms with van der Waals surface area (Å²) >= 11 is 0. The first-order valence-electron chi connectivity index (χ1n) is 7.65. The summed E-state index contributed by atoms with van der Waals surface area (Å²) < 4.78 is 0. The predicted octanol–water partition coefficient (Wildman–Crippen LogP) is 2.39. The summed E-state index contributed by atoms with van der Waals surface area (Å²) in [5.74, 6) is -1.63. The number of carboxylic acids is 2. The molecule has 1 aliphatic rings. The van der Waals surface area contributed by atoms with E-state index in [-0.39, 0.29) is 11.8 Å². The van der Waals surface area contributed by atoms with Gasteiger partial charge in [-0.15, -0.1) is 0 Å². The van der Waals surface area contributed by atoms with Gasteiger partial charge in [0.2, 0.25) is 0 Å². The van der Waals surface area contributed by atoms with Crippen LogP contribution >= 0.6 is 0 Å². The summed E-state index contributed by atoms with van der Waals surface area (Å²) in [6.45, 7) is 0.408. The van der Waals surface area contributed by atoms with E-state index in [1.54, 1.807) is 0 Å². The summed E-state index contributed by atoms with van der Waals surface area (Å²) in [6, 6.07) is 9.31. The lowest BCUT2D eigenvalue weighted by Gasteiger charge is -2.44. The van der Waals surface area contributed by atoms with Crippen molar-refractivity contribution in [3.8, 4) is 0 Å². The number of hydrogen-bond acceptors (Lipinski definition) is 3. The van der Waals surface area contributed by atoms with E-state index in [0.717, 1.165) is 5.56 Å². The Hall–Kier alpha value is -1.88. The number of carbonyl (C=O) groups is 2. The monoisotopic (exact) mass is 305 g/mol. The molecule has 0 amide bonds. The zero-order valence-electron chi connectivity index (χ0n) is 12.6. The normalized spacial score (nSPS) is 28.2. The fraction of sp³-hybridized carbons (Fsp3) is 0.529. The SMILES string of the molecule is NCC1(CCC(=O)O)CCC(C(=O)O)(c2ccccc2)CC1. The van der Waals surface area contributed by atoms with Gasteiger partial charge in [-0.2, -0.15) is 0 Å². The molecule has 0 unspecified atom stereocenters. The highest BCUT2D eigenvalue weighted by atomic mass is 16.4. The molecule has 5 nitrogen and oxygen atoms in total. The highest BCUT2D eigenvalue weighted by Crippen LogP contribution is 2.48. The van der Waals surface area contributed by atoms with Crippen molar-refractivity contribution >= 4 is 11.9 Å². The fourth-order valence-electron chi connectivity index (χ4n) is 3.52. The van der Waals surface area contributed by atoms with Crippen molar-refractivity contribution in [2.45, 2.75) is 43.9 Å². The van der Waals surface area contributed by atoms with Crippen molar-refractivity contribution in [3.63, 3.8) is 0 Å². The van der Waals surface area contributed by atoms with E-state index in [9.17, 15) is 14.7 Å².